The standard InChI is InChI=1S/C28H24N2O6/c31-29(32)27-15-23(11-13-25(27)19-35-17-21-7-3-1-4-8-21)24-12-14-26(28(16-24)30(33)34)20-36-18-22-9-5-2-6-10-22/h1-16H,17-20H2. The SMILES string of the molecule is O=[N+]([O-])c1cc(-c2ccc(COCc3ccccc3)c([N+](=O)[O-])c2)ccc1COCc1ccccc1. The molecule has 0 N–H and O–H groups in total. The van der Waals surface area contributed by atoms with Gasteiger partial charge in [-0.25, -0.2) is 0 Å². The number of nitrogens with zero attached hydrogens (tertiary/aromatic N) is 2. The molecule has 0 radical (unpaired) electrons. The van der Waals surface area contributed by atoms with Crippen molar-refractivity contribution in [2.75, 3.05) is 0 Å². The minimum Gasteiger partial charge on any atom is -0.372 e. The number of rotatable bonds is 11. The summed E-state index contributed by atoms with van der Waals surface area (Å²) in [7, 11) is 0. The molecule has 0 aliphatic heterocycles. The number of ether oxygens (including phenoxy) is 2. The van der Waals surface area contributed by atoms with Crippen LogP contribution in [0.4, 0.5) is 11.4 Å². The van der Waals surface area contributed by atoms with Crippen molar-refractivity contribution in [1.82, 2.24) is 0 Å². The molecule has 0 fully saturated rings. The molecule has 0 bridgehead atoms. The first-order chi connectivity index (χ1) is 17.5. The van der Waals surface area contributed by atoms with Crippen LogP contribution in [0, 0.1) is 20.2 Å². The van der Waals surface area contributed by atoms with Gasteiger partial charge in [0.05, 0.1) is 47.4 Å². The average molecular weight is 485 g/mol. The highest BCUT2D eigenvalue weighted by Gasteiger charge is 2.19. The van der Waals surface area contributed by atoms with Crippen molar-refractivity contribution in [1.29, 1.82) is 0 Å². The molecule has 0 saturated heterocycles. The van der Waals surface area contributed by atoms with Gasteiger partial charge < -0.3 is 9.47 Å². The van der Waals surface area contributed by atoms with Crippen molar-refractivity contribution in [3.63, 3.8) is 0 Å². The van der Waals surface area contributed by atoms with E-state index in [4.69, 9.17) is 9.47 Å². The third-order valence-corrected chi connectivity index (χ3v) is 5.64. The first-order valence-corrected chi connectivity index (χ1v) is 11.3. The molecule has 0 heterocycles. The summed E-state index contributed by atoms with van der Waals surface area (Å²) in [6.45, 7) is 0.812. The van der Waals surface area contributed by atoms with Crippen molar-refractivity contribution in [3.8, 4) is 11.1 Å². The van der Waals surface area contributed by atoms with Crippen LogP contribution in [0.1, 0.15) is 22.3 Å². The zero-order valence-corrected chi connectivity index (χ0v) is 19.4. The quantitative estimate of drug-likeness (QED) is 0.175. The molecule has 4 aromatic rings. The third kappa shape index (κ3) is 6.38. The van der Waals surface area contributed by atoms with Gasteiger partial charge in [-0.3, -0.25) is 20.2 Å². The van der Waals surface area contributed by atoms with Crippen LogP contribution in [-0.4, -0.2) is 9.85 Å². The van der Waals surface area contributed by atoms with Crippen molar-refractivity contribution in [2.24, 2.45) is 0 Å². The largest absolute Gasteiger partial charge is 0.372 e. The molecule has 182 valence electrons. The van der Waals surface area contributed by atoms with E-state index < -0.39 is 9.85 Å². The van der Waals surface area contributed by atoms with Gasteiger partial charge in [0.1, 0.15) is 0 Å². The van der Waals surface area contributed by atoms with E-state index in [9.17, 15) is 20.2 Å². The maximum atomic E-state index is 11.7. The molecule has 8 heteroatoms. The minimum absolute atomic E-state index is 0.0727. The van der Waals surface area contributed by atoms with E-state index in [1.807, 2.05) is 60.7 Å². The number of benzene rings is 4. The lowest BCUT2D eigenvalue weighted by Gasteiger charge is -2.10. The summed E-state index contributed by atoms with van der Waals surface area (Å²) in [5.74, 6) is 0. The molecule has 0 aliphatic carbocycles. The van der Waals surface area contributed by atoms with E-state index in [0.717, 1.165) is 11.1 Å². The number of hydrogen-bond donors (Lipinski definition) is 0. The zero-order valence-electron chi connectivity index (χ0n) is 19.4. The Morgan fingerprint density at radius 2 is 0.917 bits per heavy atom. The summed E-state index contributed by atoms with van der Waals surface area (Å²) in [5, 5.41) is 23.5. The highest BCUT2D eigenvalue weighted by molar-refractivity contribution is 5.70. The topological polar surface area (TPSA) is 105 Å². The van der Waals surface area contributed by atoms with E-state index in [0.29, 0.717) is 35.5 Å². The predicted octanol–water partition coefficient (Wildman–Crippen LogP) is 6.60. The fourth-order valence-corrected chi connectivity index (χ4v) is 3.78. The van der Waals surface area contributed by atoms with Gasteiger partial charge in [-0.15, -0.1) is 0 Å². The van der Waals surface area contributed by atoms with Crippen molar-refractivity contribution >= 4 is 11.4 Å². The summed E-state index contributed by atoms with van der Waals surface area (Å²) in [4.78, 5) is 22.5. The normalized spacial score (nSPS) is 10.8. The van der Waals surface area contributed by atoms with E-state index in [2.05, 4.69) is 0 Å². The highest BCUT2D eigenvalue weighted by Crippen LogP contribution is 2.32. The van der Waals surface area contributed by atoms with Crippen LogP contribution < -0.4 is 0 Å². The second kappa shape index (κ2) is 11.8. The van der Waals surface area contributed by atoms with E-state index in [1.54, 1.807) is 24.3 Å². The van der Waals surface area contributed by atoms with Crippen LogP contribution in [0.5, 0.6) is 0 Å². The molecular weight excluding hydrogens is 460 g/mol. The molecule has 0 atom stereocenters. The van der Waals surface area contributed by atoms with E-state index in [1.165, 1.54) is 12.1 Å². The van der Waals surface area contributed by atoms with Gasteiger partial charge >= 0.3 is 0 Å². The fraction of sp³-hybridized carbons (Fsp3) is 0.143. The van der Waals surface area contributed by atoms with Crippen LogP contribution in [0.2, 0.25) is 0 Å². The summed E-state index contributed by atoms with van der Waals surface area (Å²) in [5.41, 5.74) is 3.62. The maximum Gasteiger partial charge on any atom is 0.275 e. The Morgan fingerprint density at radius 1 is 0.528 bits per heavy atom. The Morgan fingerprint density at radius 3 is 1.28 bits per heavy atom. The molecule has 0 spiro atoms. The summed E-state index contributed by atoms with van der Waals surface area (Å²) in [6, 6.07) is 28.6. The maximum absolute atomic E-state index is 11.7. The molecule has 36 heavy (non-hydrogen) atoms. The van der Waals surface area contributed by atoms with Crippen LogP contribution in [0.3, 0.4) is 0 Å². The fourth-order valence-electron chi connectivity index (χ4n) is 3.78. The lowest BCUT2D eigenvalue weighted by Crippen LogP contribution is -2.01. The lowest BCUT2D eigenvalue weighted by atomic mass is 10.00. The molecule has 4 aromatic carbocycles. The molecule has 4 rings (SSSR count). The van der Waals surface area contributed by atoms with Crippen molar-refractivity contribution in [3.05, 3.63) is 140 Å². The van der Waals surface area contributed by atoms with Gasteiger partial charge in [-0.2, -0.15) is 0 Å². The highest BCUT2D eigenvalue weighted by atomic mass is 16.6. The summed E-state index contributed by atoms with van der Waals surface area (Å²) in [6.07, 6.45) is 0. The van der Waals surface area contributed by atoms with E-state index >= 15 is 0 Å². The van der Waals surface area contributed by atoms with Crippen LogP contribution >= 0.6 is 0 Å². The second-order valence-corrected chi connectivity index (χ2v) is 8.16. The van der Waals surface area contributed by atoms with Crippen molar-refractivity contribution < 1.29 is 19.3 Å². The molecule has 0 unspecified atom stereocenters. The minimum atomic E-state index is -0.467. The monoisotopic (exact) mass is 484 g/mol. The van der Waals surface area contributed by atoms with E-state index in [-0.39, 0.29) is 24.6 Å². The first-order valence-electron chi connectivity index (χ1n) is 11.3. The first kappa shape index (κ1) is 24.7. The summed E-state index contributed by atoms with van der Waals surface area (Å²) >= 11 is 0. The predicted molar refractivity (Wildman–Crippen MR) is 135 cm³/mol. The van der Waals surface area contributed by atoms with Crippen LogP contribution in [0.25, 0.3) is 11.1 Å². The average Bonchev–Trinajstić information content (AvgIpc) is 2.90. The molecule has 8 nitrogen and oxygen atoms in total. The number of hydrogen-bond acceptors (Lipinski definition) is 6. The van der Waals surface area contributed by atoms with Crippen LogP contribution in [0.15, 0.2) is 97.1 Å². The van der Waals surface area contributed by atoms with Crippen LogP contribution in [-0.2, 0) is 35.9 Å². The molecular formula is C28H24N2O6. The Hall–Kier alpha value is -4.40. The van der Waals surface area contributed by atoms with Gasteiger partial charge in [0.15, 0.2) is 0 Å². The Kier molecular flexibility index (Phi) is 8.12. The second-order valence-electron chi connectivity index (χ2n) is 8.16. The van der Waals surface area contributed by atoms with Gasteiger partial charge in [0.2, 0.25) is 0 Å². The Labute approximate surface area is 208 Å². The van der Waals surface area contributed by atoms with Gasteiger partial charge in [-0.05, 0) is 34.4 Å². The molecule has 0 amide bonds. The molecule has 0 aromatic heterocycles. The number of nitro groups is 2. The smallest absolute Gasteiger partial charge is 0.275 e. The number of nitro benzene ring substituents is 2. The van der Waals surface area contributed by atoms with Gasteiger partial charge in [0, 0.05) is 12.1 Å². The molecule has 0 aliphatic rings. The van der Waals surface area contributed by atoms with Gasteiger partial charge in [0.25, 0.3) is 11.4 Å². The Bertz CT molecular complexity index is 1240. The summed E-state index contributed by atoms with van der Waals surface area (Å²) < 4.78 is 11.3. The third-order valence-electron chi connectivity index (χ3n) is 5.64. The van der Waals surface area contributed by atoms with Crippen molar-refractivity contribution in [2.45, 2.75) is 26.4 Å². The molecule has 0 saturated carbocycles. The Balaban J connectivity index is 1.50. The zero-order chi connectivity index (χ0) is 25.3. The van der Waals surface area contributed by atoms with Gasteiger partial charge in [-0.1, -0.05) is 72.8 Å². The lowest BCUT2D eigenvalue weighted by molar-refractivity contribution is -0.386.